The minimum Gasteiger partial charge on any atom is -0.497 e. The first-order valence-corrected chi connectivity index (χ1v) is 12.2. The van der Waals surface area contributed by atoms with E-state index in [1.54, 1.807) is 12.1 Å². The van der Waals surface area contributed by atoms with Crippen LogP contribution >= 0.6 is 11.6 Å². The molecule has 3 aromatic rings. The second-order valence-electron chi connectivity index (χ2n) is 7.69. The Labute approximate surface area is 212 Å². The normalized spacial score (nSPS) is 15.1. The average molecular weight is 527 g/mol. The highest BCUT2D eigenvalue weighted by atomic mass is 35.5. The molecular weight excluding hydrogens is 508 g/mol. The number of aryl methyl sites for hydroxylation is 1. The molecule has 4 rings (SSSR count). The number of amides is 4. The van der Waals surface area contributed by atoms with Crippen LogP contribution in [0.1, 0.15) is 11.1 Å². The van der Waals surface area contributed by atoms with E-state index in [0.717, 1.165) is 16.5 Å². The van der Waals surface area contributed by atoms with E-state index in [1.807, 2.05) is 6.92 Å². The van der Waals surface area contributed by atoms with Gasteiger partial charge in [0.2, 0.25) is 0 Å². The van der Waals surface area contributed by atoms with Gasteiger partial charge in [0.1, 0.15) is 16.2 Å². The van der Waals surface area contributed by atoms with Gasteiger partial charge in [-0.2, -0.15) is 8.42 Å². The molecule has 0 aliphatic carbocycles. The Balaban J connectivity index is 1.75. The van der Waals surface area contributed by atoms with Crippen LogP contribution in [-0.2, 0) is 19.7 Å². The lowest BCUT2D eigenvalue weighted by Gasteiger charge is -2.26. The minimum atomic E-state index is -4.26. The van der Waals surface area contributed by atoms with E-state index in [4.69, 9.17) is 20.5 Å². The third-order valence-electron chi connectivity index (χ3n) is 5.22. The van der Waals surface area contributed by atoms with Gasteiger partial charge in [-0.15, -0.1) is 0 Å². The molecule has 4 amide bonds. The van der Waals surface area contributed by atoms with Gasteiger partial charge in [0, 0.05) is 16.7 Å². The molecule has 1 saturated heterocycles. The lowest BCUT2D eigenvalue weighted by Crippen LogP contribution is -2.54. The van der Waals surface area contributed by atoms with Crippen LogP contribution in [-0.4, -0.2) is 33.4 Å². The molecule has 0 radical (unpaired) electrons. The monoisotopic (exact) mass is 526 g/mol. The summed E-state index contributed by atoms with van der Waals surface area (Å²) >= 11 is 5.89. The summed E-state index contributed by atoms with van der Waals surface area (Å²) in [4.78, 5) is 38.8. The van der Waals surface area contributed by atoms with E-state index in [1.165, 1.54) is 61.7 Å². The summed E-state index contributed by atoms with van der Waals surface area (Å²) in [5, 5.41) is 2.50. The Kier molecular flexibility index (Phi) is 6.82. The Bertz CT molecular complexity index is 1500. The van der Waals surface area contributed by atoms with Crippen molar-refractivity contribution in [3.63, 3.8) is 0 Å². The van der Waals surface area contributed by atoms with Crippen molar-refractivity contribution in [2.24, 2.45) is 0 Å². The number of nitrogens with zero attached hydrogens (tertiary/aromatic N) is 1. The Morgan fingerprint density at radius 2 is 1.61 bits per heavy atom. The number of rotatable bonds is 6. The van der Waals surface area contributed by atoms with E-state index in [9.17, 15) is 22.8 Å². The number of carbonyl (C=O) groups excluding carboxylic acids is 3. The van der Waals surface area contributed by atoms with Gasteiger partial charge >= 0.3 is 16.1 Å². The minimum absolute atomic E-state index is 0.0829. The topological polar surface area (TPSA) is 119 Å². The highest BCUT2D eigenvalue weighted by Crippen LogP contribution is 2.31. The Morgan fingerprint density at radius 1 is 0.944 bits per heavy atom. The van der Waals surface area contributed by atoms with E-state index < -0.39 is 33.5 Å². The summed E-state index contributed by atoms with van der Waals surface area (Å²) in [7, 11) is -2.87. The van der Waals surface area contributed by atoms with Gasteiger partial charge in [-0.1, -0.05) is 29.3 Å². The van der Waals surface area contributed by atoms with Crippen LogP contribution in [0.4, 0.5) is 10.5 Å². The molecule has 0 spiro atoms. The first-order valence-electron chi connectivity index (χ1n) is 10.5. The molecule has 0 saturated carbocycles. The van der Waals surface area contributed by atoms with E-state index in [-0.39, 0.29) is 27.6 Å². The summed E-state index contributed by atoms with van der Waals surface area (Å²) in [5.74, 6) is -1.76. The largest absolute Gasteiger partial charge is 0.497 e. The third kappa shape index (κ3) is 5.09. The van der Waals surface area contributed by atoms with Crippen molar-refractivity contribution in [1.82, 2.24) is 5.32 Å². The second-order valence-corrected chi connectivity index (χ2v) is 9.67. The summed E-state index contributed by atoms with van der Waals surface area (Å²) in [6.45, 7) is 1.81. The van der Waals surface area contributed by atoms with E-state index >= 15 is 0 Å². The number of hydrogen-bond donors (Lipinski definition) is 1. The fourth-order valence-corrected chi connectivity index (χ4v) is 4.41. The average Bonchev–Trinajstić information content (AvgIpc) is 2.83. The van der Waals surface area contributed by atoms with Crippen molar-refractivity contribution >= 4 is 51.3 Å². The summed E-state index contributed by atoms with van der Waals surface area (Å²) in [6.07, 6.45) is 1.15. The number of carbonyl (C=O) groups is 3. The van der Waals surface area contributed by atoms with Crippen LogP contribution in [0.2, 0.25) is 5.02 Å². The maximum atomic E-state index is 13.2. The fraction of sp³-hybridized carbons (Fsp3) is 0.0800. The number of nitrogens with one attached hydrogen (secondary N) is 1. The first kappa shape index (κ1) is 25.0. The predicted molar refractivity (Wildman–Crippen MR) is 132 cm³/mol. The van der Waals surface area contributed by atoms with Crippen molar-refractivity contribution in [3.8, 4) is 11.5 Å². The quantitative estimate of drug-likeness (QED) is 0.292. The zero-order valence-corrected chi connectivity index (χ0v) is 20.6. The van der Waals surface area contributed by atoms with Crippen LogP contribution < -0.4 is 19.1 Å². The maximum Gasteiger partial charge on any atom is 0.339 e. The molecular formula is C25H19ClN2O7S. The molecule has 1 aliphatic rings. The maximum absolute atomic E-state index is 13.2. The summed E-state index contributed by atoms with van der Waals surface area (Å²) in [5.41, 5.74) is 0.735. The van der Waals surface area contributed by atoms with Crippen LogP contribution in [0.5, 0.6) is 11.5 Å². The molecule has 3 aromatic carbocycles. The van der Waals surface area contributed by atoms with Gasteiger partial charge in [-0.3, -0.25) is 14.9 Å². The Morgan fingerprint density at radius 3 is 2.25 bits per heavy atom. The smallest absolute Gasteiger partial charge is 0.339 e. The lowest BCUT2D eigenvalue weighted by molar-refractivity contribution is -0.122. The van der Waals surface area contributed by atoms with Crippen LogP contribution in [0.3, 0.4) is 0 Å². The number of halogens is 1. The van der Waals surface area contributed by atoms with Gasteiger partial charge < -0.3 is 8.92 Å². The number of methoxy groups -OCH3 is 1. The van der Waals surface area contributed by atoms with Crippen molar-refractivity contribution in [3.05, 3.63) is 88.5 Å². The lowest BCUT2D eigenvalue weighted by atomic mass is 10.1. The third-order valence-corrected chi connectivity index (χ3v) is 6.72. The second kappa shape index (κ2) is 9.84. The highest BCUT2D eigenvalue weighted by molar-refractivity contribution is 7.87. The fourth-order valence-electron chi connectivity index (χ4n) is 3.34. The van der Waals surface area contributed by atoms with Gasteiger partial charge in [-0.25, -0.2) is 9.69 Å². The highest BCUT2D eigenvalue weighted by Gasteiger charge is 2.37. The molecule has 1 heterocycles. The molecule has 11 heteroatoms. The molecule has 1 N–H and O–H groups in total. The van der Waals surface area contributed by atoms with E-state index in [0.29, 0.717) is 5.02 Å². The Hall–Kier alpha value is -4.15. The number of benzene rings is 3. The van der Waals surface area contributed by atoms with Gasteiger partial charge in [0.25, 0.3) is 11.8 Å². The van der Waals surface area contributed by atoms with Crippen LogP contribution in [0.15, 0.2) is 77.2 Å². The summed E-state index contributed by atoms with van der Waals surface area (Å²) in [6, 6.07) is 15.2. The van der Waals surface area contributed by atoms with Crippen molar-refractivity contribution in [2.45, 2.75) is 11.8 Å². The number of anilines is 1. The number of hydrogen-bond acceptors (Lipinski definition) is 7. The number of imide groups is 2. The number of barbiturate groups is 1. The summed E-state index contributed by atoms with van der Waals surface area (Å²) < 4.78 is 36.3. The first-order chi connectivity index (χ1) is 17.1. The zero-order valence-electron chi connectivity index (χ0n) is 19.0. The van der Waals surface area contributed by atoms with E-state index in [2.05, 4.69) is 5.32 Å². The molecule has 1 fully saturated rings. The molecule has 0 atom stereocenters. The number of ether oxygens (including phenoxy) is 1. The molecule has 9 nitrogen and oxygen atoms in total. The van der Waals surface area contributed by atoms with Crippen molar-refractivity contribution < 1.29 is 31.7 Å². The molecule has 184 valence electrons. The van der Waals surface area contributed by atoms with Crippen LogP contribution in [0, 0.1) is 6.92 Å². The SMILES string of the molecule is COc1ccc(/C=C2\C(=O)NC(=O)N(c3ccc(Cl)cc3)C2=O)c(OS(=O)(=O)c2ccc(C)cc2)c1. The molecule has 0 bridgehead atoms. The molecule has 1 aliphatic heterocycles. The van der Waals surface area contributed by atoms with Crippen LogP contribution in [0.25, 0.3) is 6.08 Å². The molecule has 0 aromatic heterocycles. The molecule has 36 heavy (non-hydrogen) atoms. The van der Waals surface area contributed by atoms with Crippen molar-refractivity contribution in [2.75, 3.05) is 12.0 Å². The molecule has 0 unspecified atom stereocenters. The van der Waals surface area contributed by atoms with Gasteiger partial charge in [0.15, 0.2) is 5.75 Å². The number of urea groups is 1. The van der Waals surface area contributed by atoms with Crippen molar-refractivity contribution in [1.29, 1.82) is 0 Å². The predicted octanol–water partition coefficient (Wildman–Crippen LogP) is 4.09. The van der Waals surface area contributed by atoms with Gasteiger partial charge in [-0.05, 0) is 61.5 Å². The zero-order chi connectivity index (χ0) is 26.0. The van der Waals surface area contributed by atoms with Gasteiger partial charge in [0.05, 0.1) is 12.8 Å². The standard InChI is InChI=1S/C25H19ClN2O7S/c1-15-3-11-20(12-4-15)36(32,33)35-22-14-19(34-2)10-5-16(22)13-21-23(29)27-25(31)28(24(21)30)18-8-6-17(26)7-9-18/h3-14H,1-2H3,(H,27,29,31)/b21-13+.